The van der Waals surface area contributed by atoms with Crippen LogP contribution in [0, 0.1) is 6.92 Å². The first kappa shape index (κ1) is 17.3. The Bertz CT molecular complexity index is 1150. The second-order valence-electron chi connectivity index (χ2n) is 6.07. The lowest BCUT2D eigenvalue weighted by atomic mass is 10.1. The number of hydroxylamine groups is 2. The minimum absolute atomic E-state index is 0.124. The zero-order valence-electron chi connectivity index (χ0n) is 14.7. The third-order valence-corrected chi connectivity index (χ3v) is 4.23. The van der Waals surface area contributed by atoms with Crippen molar-refractivity contribution in [3.05, 3.63) is 93.4 Å². The van der Waals surface area contributed by atoms with Gasteiger partial charge in [-0.3, -0.25) is 14.4 Å². The first-order valence-electron chi connectivity index (χ1n) is 8.34. The monoisotopic (exact) mass is 375 g/mol. The summed E-state index contributed by atoms with van der Waals surface area (Å²) in [5.74, 6) is -2.74. The summed E-state index contributed by atoms with van der Waals surface area (Å²) in [6.45, 7) is 1.67. The highest BCUT2D eigenvalue weighted by molar-refractivity contribution is 6.21. The Morgan fingerprint density at radius 1 is 0.893 bits per heavy atom. The molecule has 138 valence electrons. The van der Waals surface area contributed by atoms with Gasteiger partial charge in [-0.15, -0.1) is 0 Å². The van der Waals surface area contributed by atoms with Gasteiger partial charge in [0.25, 0.3) is 11.8 Å². The summed E-state index contributed by atoms with van der Waals surface area (Å²) < 4.78 is 1.40. The fourth-order valence-corrected chi connectivity index (χ4v) is 2.90. The molecule has 0 N–H and O–H groups in total. The largest absolute Gasteiger partial charge is 0.388 e. The lowest BCUT2D eigenvalue weighted by molar-refractivity contribution is -0.0590. The molecule has 0 unspecified atom stereocenters. The molecule has 0 radical (unpaired) electrons. The van der Waals surface area contributed by atoms with Crippen molar-refractivity contribution in [3.8, 4) is 5.69 Å². The van der Waals surface area contributed by atoms with Crippen LogP contribution in [-0.4, -0.2) is 32.6 Å². The van der Waals surface area contributed by atoms with Gasteiger partial charge in [0.1, 0.15) is 0 Å². The number of rotatable bonds is 3. The van der Waals surface area contributed by atoms with Crippen molar-refractivity contribution in [2.45, 2.75) is 6.92 Å². The van der Waals surface area contributed by atoms with Crippen LogP contribution in [0.2, 0.25) is 0 Å². The molecule has 2 amide bonds. The van der Waals surface area contributed by atoms with Gasteiger partial charge in [0.2, 0.25) is 11.1 Å². The minimum Gasteiger partial charge on any atom is -0.322 e. The number of carbonyl (C=O) groups excluding carboxylic acids is 3. The van der Waals surface area contributed by atoms with E-state index >= 15 is 0 Å². The van der Waals surface area contributed by atoms with Crippen LogP contribution in [0.4, 0.5) is 0 Å². The molecule has 1 aliphatic rings. The number of fused-ring (bicyclic) bond motifs is 1. The van der Waals surface area contributed by atoms with Gasteiger partial charge in [-0.2, -0.15) is 5.10 Å². The average molecular weight is 375 g/mol. The molecule has 0 saturated carbocycles. The van der Waals surface area contributed by atoms with Gasteiger partial charge in [0.15, 0.2) is 0 Å². The number of nitrogens with zero attached hydrogens (tertiary/aromatic N) is 3. The van der Waals surface area contributed by atoms with Crippen LogP contribution < -0.4 is 5.43 Å². The van der Waals surface area contributed by atoms with Crippen molar-refractivity contribution in [1.29, 1.82) is 0 Å². The van der Waals surface area contributed by atoms with Crippen LogP contribution >= 0.6 is 0 Å². The van der Waals surface area contributed by atoms with Gasteiger partial charge >= 0.3 is 5.97 Å². The highest BCUT2D eigenvalue weighted by Crippen LogP contribution is 2.23. The zero-order chi connectivity index (χ0) is 19.8. The van der Waals surface area contributed by atoms with E-state index in [9.17, 15) is 19.2 Å². The van der Waals surface area contributed by atoms with E-state index in [-0.39, 0.29) is 11.1 Å². The van der Waals surface area contributed by atoms with Crippen LogP contribution in [0.1, 0.15) is 36.9 Å². The first-order chi connectivity index (χ1) is 13.5. The fourth-order valence-electron chi connectivity index (χ4n) is 2.90. The number of para-hydroxylation sites is 1. The molecule has 1 aromatic heterocycles. The van der Waals surface area contributed by atoms with E-state index in [1.54, 1.807) is 43.3 Å². The molecule has 2 heterocycles. The van der Waals surface area contributed by atoms with Gasteiger partial charge in [0, 0.05) is 11.8 Å². The minimum atomic E-state index is -1.19. The van der Waals surface area contributed by atoms with E-state index < -0.39 is 28.9 Å². The Balaban J connectivity index is 1.67. The second kappa shape index (κ2) is 6.58. The average Bonchev–Trinajstić information content (AvgIpc) is 2.94. The standard InChI is InChI=1S/C20H13N3O5/c1-12-11-16(24)17(21-22(12)13-7-3-2-4-8-13)20(27)28-23-18(25)14-9-5-6-10-15(14)19(23)26/h2-11H,1H3. The number of aromatic nitrogens is 2. The molecule has 1 aliphatic heterocycles. The molecule has 0 atom stereocenters. The predicted molar refractivity (Wildman–Crippen MR) is 96.9 cm³/mol. The SMILES string of the molecule is Cc1cc(=O)c(C(=O)ON2C(=O)c3ccccc3C2=O)nn1-c1ccccc1. The van der Waals surface area contributed by atoms with Crippen molar-refractivity contribution in [1.82, 2.24) is 14.8 Å². The molecule has 0 saturated heterocycles. The summed E-state index contributed by atoms with van der Waals surface area (Å²) in [7, 11) is 0. The molecule has 3 aromatic rings. The Morgan fingerprint density at radius 3 is 2.07 bits per heavy atom. The maximum absolute atomic E-state index is 12.5. The number of imide groups is 1. The van der Waals surface area contributed by atoms with Crippen LogP contribution in [0.15, 0.2) is 65.5 Å². The van der Waals surface area contributed by atoms with Crippen molar-refractivity contribution in [2.24, 2.45) is 0 Å². The predicted octanol–water partition coefficient (Wildman–Crippen LogP) is 1.91. The Kier molecular flexibility index (Phi) is 4.08. The van der Waals surface area contributed by atoms with Crippen molar-refractivity contribution in [3.63, 3.8) is 0 Å². The third kappa shape index (κ3) is 2.77. The lowest BCUT2D eigenvalue weighted by Gasteiger charge is -2.14. The number of benzene rings is 2. The van der Waals surface area contributed by atoms with Crippen LogP contribution in [-0.2, 0) is 4.84 Å². The summed E-state index contributed by atoms with van der Waals surface area (Å²) in [6.07, 6.45) is 0. The molecule has 0 bridgehead atoms. The van der Waals surface area contributed by atoms with Gasteiger partial charge < -0.3 is 4.84 Å². The normalized spacial score (nSPS) is 12.8. The smallest absolute Gasteiger partial charge is 0.322 e. The molecular formula is C20H13N3O5. The van der Waals surface area contributed by atoms with Crippen LogP contribution in [0.3, 0.4) is 0 Å². The van der Waals surface area contributed by atoms with E-state index in [0.29, 0.717) is 16.4 Å². The molecule has 8 heteroatoms. The molecule has 0 aliphatic carbocycles. The van der Waals surface area contributed by atoms with Crippen molar-refractivity contribution < 1.29 is 19.2 Å². The van der Waals surface area contributed by atoms with E-state index in [1.807, 2.05) is 6.07 Å². The maximum atomic E-state index is 12.5. The number of hydrogen-bond donors (Lipinski definition) is 0. The third-order valence-electron chi connectivity index (χ3n) is 4.23. The quantitative estimate of drug-likeness (QED) is 0.649. The number of hydrogen-bond acceptors (Lipinski definition) is 6. The lowest BCUT2D eigenvalue weighted by Crippen LogP contribution is -2.35. The van der Waals surface area contributed by atoms with Crippen LogP contribution in [0.25, 0.3) is 5.69 Å². The summed E-state index contributed by atoms with van der Waals surface area (Å²) in [5, 5.41) is 4.41. The molecule has 0 spiro atoms. The Morgan fingerprint density at radius 2 is 1.46 bits per heavy atom. The van der Waals surface area contributed by atoms with E-state index in [1.165, 1.54) is 22.9 Å². The number of aryl methyl sites for hydroxylation is 1. The second-order valence-corrected chi connectivity index (χ2v) is 6.07. The van der Waals surface area contributed by atoms with Crippen LogP contribution in [0.5, 0.6) is 0 Å². The summed E-state index contributed by atoms with van der Waals surface area (Å²) in [6, 6.07) is 16.2. The Labute approximate surface area is 158 Å². The summed E-state index contributed by atoms with van der Waals surface area (Å²) >= 11 is 0. The van der Waals surface area contributed by atoms with Gasteiger partial charge in [-0.05, 0) is 31.2 Å². The zero-order valence-corrected chi connectivity index (χ0v) is 14.7. The van der Waals surface area contributed by atoms with Gasteiger partial charge in [-0.25, -0.2) is 9.48 Å². The molecule has 2 aromatic carbocycles. The van der Waals surface area contributed by atoms with Gasteiger partial charge in [-0.1, -0.05) is 35.4 Å². The number of amides is 2. The fraction of sp³-hybridized carbons (Fsp3) is 0.0500. The van der Waals surface area contributed by atoms with Crippen molar-refractivity contribution in [2.75, 3.05) is 0 Å². The molecule has 0 fully saturated rings. The van der Waals surface area contributed by atoms with Gasteiger partial charge in [0.05, 0.1) is 16.8 Å². The van der Waals surface area contributed by atoms with E-state index in [4.69, 9.17) is 4.84 Å². The highest BCUT2D eigenvalue weighted by Gasteiger charge is 2.39. The van der Waals surface area contributed by atoms with E-state index in [2.05, 4.69) is 5.10 Å². The van der Waals surface area contributed by atoms with Crippen molar-refractivity contribution >= 4 is 17.8 Å². The molecule has 4 rings (SSSR count). The maximum Gasteiger partial charge on any atom is 0.388 e. The molecular weight excluding hydrogens is 362 g/mol. The molecule has 8 nitrogen and oxygen atoms in total. The summed E-state index contributed by atoms with van der Waals surface area (Å²) in [5.41, 5.74) is 0.179. The van der Waals surface area contributed by atoms with E-state index in [0.717, 1.165) is 0 Å². The Hall–Kier alpha value is -4.07. The summed E-state index contributed by atoms with van der Waals surface area (Å²) in [4.78, 5) is 54.4. The molecule has 28 heavy (non-hydrogen) atoms. The first-order valence-corrected chi connectivity index (χ1v) is 8.34. The topological polar surface area (TPSA) is 98.6 Å². The highest BCUT2D eigenvalue weighted by atomic mass is 16.7. The number of carbonyl (C=O) groups is 3.